The average Bonchev–Trinajstić information content (AvgIpc) is 2.90. The molecule has 0 bridgehead atoms. The highest BCUT2D eigenvalue weighted by Gasteiger charge is 2.24. The van der Waals surface area contributed by atoms with Gasteiger partial charge in [-0.3, -0.25) is 4.79 Å². The number of ether oxygens (including phenoxy) is 1. The van der Waals surface area contributed by atoms with E-state index in [1.54, 1.807) is 4.90 Å². The number of nitrogens with zero attached hydrogens (tertiary/aromatic N) is 1. The molecule has 2 heterocycles. The molecule has 0 radical (unpaired) electrons. The molecular formula is C12H15NO4S. The first kappa shape index (κ1) is 13.0. The van der Waals surface area contributed by atoms with Crippen LogP contribution >= 0.6 is 11.3 Å². The number of carbonyl (C=O) groups is 2. The zero-order chi connectivity index (χ0) is 13.0. The lowest BCUT2D eigenvalue weighted by atomic mass is 10.1. The van der Waals surface area contributed by atoms with Crippen LogP contribution in [-0.2, 0) is 9.53 Å². The Morgan fingerprint density at radius 1 is 1.44 bits per heavy atom. The maximum absolute atomic E-state index is 12.0. The topological polar surface area (TPSA) is 66.8 Å². The van der Waals surface area contributed by atoms with Gasteiger partial charge in [0.25, 0.3) is 5.91 Å². The molecule has 1 aliphatic rings. The first-order valence-corrected chi connectivity index (χ1v) is 6.76. The van der Waals surface area contributed by atoms with Crippen molar-refractivity contribution in [3.8, 4) is 0 Å². The number of piperidine rings is 1. The molecule has 18 heavy (non-hydrogen) atoms. The van der Waals surface area contributed by atoms with Crippen molar-refractivity contribution in [1.29, 1.82) is 0 Å². The van der Waals surface area contributed by atoms with Crippen molar-refractivity contribution in [2.45, 2.75) is 18.9 Å². The summed E-state index contributed by atoms with van der Waals surface area (Å²) >= 11 is 1.51. The first-order chi connectivity index (χ1) is 8.66. The van der Waals surface area contributed by atoms with E-state index in [1.807, 2.05) is 16.8 Å². The molecule has 1 N–H and O–H groups in total. The predicted octanol–water partition coefficient (Wildman–Crippen LogP) is 1.45. The molecule has 1 saturated heterocycles. The minimum absolute atomic E-state index is 0.0485. The van der Waals surface area contributed by atoms with Crippen molar-refractivity contribution in [3.05, 3.63) is 22.4 Å². The summed E-state index contributed by atoms with van der Waals surface area (Å²) in [5, 5.41) is 12.2. The van der Waals surface area contributed by atoms with Gasteiger partial charge in [0.15, 0.2) is 0 Å². The Bertz CT molecular complexity index is 410. The zero-order valence-corrected chi connectivity index (χ0v) is 10.7. The van der Waals surface area contributed by atoms with Crippen LogP contribution in [0.15, 0.2) is 16.8 Å². The summed E-state index contributed by atoms with van der Waals surface area (Å²) in [4.78, 5) is 24.2. The molecule has 0 atom stereocenters. The van der Waals surface area contributed by atoms with Gasteiger partial charge in [0, 0.05) is 18.5 Å². The molecule has 2 rings (SSSR count). The number of carboxylic acid groups (broad SMARTS) is 1. The van der Waals surface area contributed by atoms with Crippen molar-refractivity contribution in [2.75, 3.05) is 19.7 Å². The van der Waals surface area contributed by atoms with E-state index in [0.29, 0.717) is 25.9 Å². The molecule has 1 fully saturated rings. The summed E-state index contributed by atoms with van der Waals surface area (Å²) in [6.45, 7) is 0.987. The summed E-state index contributed by atoms with van der Waals surface area (Å²) in [5.74, 6) is -0.903. The summed E-state index contributed by atoms with van der Waals surface area (Å²) in [7, 11) is 0. The second kappa shape index (κ2) is 5.97. The van der Waals surface area contributed by atoms with Gasteiger partial charge in [-0.05, 0) is 24.3 Å². The highest BCUT2D eigenvalue weighted by atomic mass is 32.1. The normalized spacial score (nSPS) is 16.8. The van der Waals surface area contributed by atoms with Gasteiger partial charge in [0.05, 0.1) is 11.7 Å². The summed E-state index contributed by atoms with van der Waals surface area (Å²) < 4.78 is 5.23. The molecule has 98 valence electrons. The first-order valence-electron chi connectivity index (χ1n) is 5.81. The van der Waals surface area contributed by atoms with Crippen molar-refractivity contribution in [3.63, 3.8) is 0 Å². The second-order valence-corrected chi connectivity index (χ2v) is 4.99. The van der Waals surface area contributed by atoms with E-state index >= 15 is 0 Å². The largest absolute Gasteiger partial charge is 0.480 e. The van der Waals surface area contributed by atoms with Gasteiger partial charge in [-0.1, -0.05) is 0 Å². The number of carbonyl (C=O) groups excluding carboxylic acids is 1. The third kappa shape index (κ3) is 3.30. The van der Waals surface area contributed by atoms with E-state index in [0.717, 1.165) is 5.56 Å². The molecule has 1 amide bonds. The third-order valence-corrected chi connectivity index (χ3v) is 3.62. The maximum Gasteiger partial charge on any atom is 0.329 e. The third-order valence-electron chi connectivity index (χ3n) is 2.94. The zero-order valence-electron chi connectivity index (χ0n) is 9.87. The molecule has 1 aromatic rings. The molecular weight excluding hydrogens is 254 g/mol. The van der Waals surface area contributed by atoms with Gasteiger partial charge in [0.1, 0.15) is 6.61 Å². The van der Waals surface area contributed by atoms with E-state index in [4.69, 9.17) is 9.84 Å². The van der Waals surface area contributed by atoms with Crippen LogP contribution in [0.2, 0.25) is 0 Å². The lowest BCUT2D eigenvalue weighted by molar-refractivity contribution is -0.145. The van der Waals surface area contributed by atoms with Crippen molar-refractivity contribution < 1.29 is 19.4 Å². The summed E-state index contributed by atoms with van der Waals surface area (Å²) in [5.41, 5.74) is 0.727. The smallest absolute Gasteiger partial charge is 0.329 e. The highest BCUT2D eigenvalue weighted by Crippen LogP contribution is 2.17. The van der Waals surface area contributed by atoms with E-state index in [2.05, 4.69) is 0 Å². The van der Waals surface area contributed by atoms with Gasteiger partial charge < -0.3 is 14.7 Å². The fraction of sp³-hybridized carbons (Fsp3) is 0.500. The molecule has 6 heteroatoms. The molecule has 5 nitrogen and oxygen atoms in total. The highest BCUT2D eigenvalue weighted by molar-refractivity contribution is 7.08. The minimum Gasteiger partial charge on any atom is -0.480 e. The van der Waals surface area contributed by atoms with E-state index < -0.39 is 5.97 Å². The Balaban J connectivity index is 1.80. The van der Waals surface area contributed by atoms with Crippen LogP contribution in [0.4, 0.5) is 0 Å². The number of hydrogen-bond acceptors (Lipinski definition) is 4. The Labute approximate surface area is 109 Å². The number of likely N-dealkylation sites (tertiary alicyclic amines) is 1. The SMILES string of the molecule is O=C(O)COC1CCN(C(=O)c2ccsc2)CC1. The standard InChI is InChI=1S/C12H15NO4S/c14-11(15)7-17-10-1-4-13(5-2-10)12(16)9-3-6-18-8-9/h3,6,8,10H,1-2,4-5,7H2,(H,14,15). The molecule has 0 saturated carbocycles. The van der Waals surface area contributed by atoms with Gasteiger partial charge >= 0.3 is 5.97 Å². The van der Waals surface area contributed by atoms with E-state index in [-0.39, 0.29) is 18.6 Å². The van der Waals surface area contributed by atoms with E-state index in [1.165, 1.54) is 11.3 Å². The number of aliphatic carboxylic acids is 1. The van der Waals surface area contributed by atoms with Crippen molar-refractivity contribution in [1.82, 2.24) is 4.90 Å². The molecule has 0 unspecified atom stereocenters. The van der Waals surface area contributed by atoms with Gasteiger partial charge in [-0.2, -0.15) is 11.3 Å². The lowest BCUT2D eigenvalue weighted by Crippen LogP contribution is -2.41. The van der Waals surface area contributed by atoms with Crippen LogP contribution in [-0.4, -0.2) is 47.7 Å². The van der Waals surface area contributed by atoms with Crippen LogP contribution in [0, 0.1) is 0 Å². The van der Waals surface area contributed by atoms with E-state index in [9.17, 15) is 9.59 Å². The Kier molecular flexibility index (Phi) is 4.33. The van der Waals surface area contributed by atoms with Crippen LogP contribution in [0.25, 0.3) is 0 Å². The maximum atomic E-state index is 12.0. The number of amides is 1. The lowest BCUT2D eigenvalue weighted by Gasteiger charge is -2.31. The fourth-order valence-electron chi connectivity index (χ4n) is 1.98. The summed E-state index contributed by atoms with van der Waals surface area (Å²) in [6.07, 6.45) is 1.35. The second-order valence-electron chi connectivity index (χ2n) is 4.21. The molecule has 0 aromatic carbocycles. The van der Waals surface area contributed by atoms with Crippen molar-refractivity contribution in [2.24, 2.45) is 0 Å². The predicted molar refractivity (Wildman–Crippen MR) is 66.8 cm³/mol. The van der Waals surface area contributed by atoms with Gasteiger partial charge in [-0.25, -0.2) is 4.79 Å². The Hall–Kier alpha value is -1.40. The number of thiophene rings is 1. The van der Waals surface area contributed by atoms with Crippen LogP contribution in [0.3, 0.4) is 0 Å². The van der Waals surface area contributed by atoms with Gasteiger partial charge in [-0.15, -0.1) is 0 Å². The van der Waals surface area contributed by atoms with Gasteiger partial charge in [0.2, 0.25) is 0 Å². The molecule has 1 aromatic heterocycles. The van der Waals surface area contributed by atoms with Crippen LogP contribution < -0.4 is 0 Å². The number of hydrogen-bond donors (Lipinski definition) is 1. The monoisotopic (exact) mass is 269 g/mol. The Morgan fingerprint density at radius 2 is 2.17 bits per heavy atom. The van der Waals surface area contributed by atoms with Crippen LogP contribution in [0.1, 0.15) is 23.2 Å². The molecule has 1 aliphatic heterocycles. The van der Waals surface area contributed by atoms with Crippen molar-refractivity contribution >= 4 is 23.2 Å². The summed E-state index contributed by atoms with van der Waals surface area (Å²) in [6, 6.07) is 1.82. The molecule has 0 aliphatic carbocycles. The average molecular weight is 269 g/mol. The quantitative estimate of drug-likeness (QED) is 0.898. The Morgan fingerprint density at radius 3 is 2.72 bits per heavy atom. The number of rotatable bonds is 4. The number of carboxylic acids is 1. The fourth-order valence-corrected chi connectivity index (χ4v) is 2.61. The molecule has 0 spiro atoms. The minimum atomic E-state index is -0.952. The van der Waals surface area contributed by atoms with Crippen LogP contribution in [0.5, 0.6) is 0 Å².